The van der Waals surface area contributed by atoms with Crippen molar-refractivity contribution in [1.29, 1.82) is 0 Å². The van der Waals surface area contributed by atoms with Crippen LogP contribution in [0.3, 0.4) is 0 Å². The van der Waals surface area contributed by atoms with E-state index in [1.165, 1.54) is 6.42 Å². The summed E-state index contributed by atoms with van der Waals surface area (Å²) in [5.74, 6) is 0.575. The van der Waals surface area contributed by atoms with Crippen LogP contribution in [-0.2, 0) is 0 Å². The maximum Gasteiger partial charge on any atom is 0.243 e. The van der Waals surface area contributed by atoms with Crippen molar-refractivity contribution in [2.75, 3.05) is 5.32 Å². The molecule has 1 aliphatic carbocycles. The molecule has 1 heterocycles. The molecule has 0 saturated heterocycles. The van der Waals surface area contributed by atoms with E-state index in [-0.39, 0.29) is 12.1 Å². The molecule has 2 atom stereocenters. The van der Waals surface area contributed by atoms with Gasteiger partial charge in [0.2, 0.25) is 5.95 Å². The summed E-state index contributed by atoms with van der Waals surface area (Å²) in [6.07, 6.45) is 3.32. The van der Waals surface area contributed by atoms with Crippen LogP contribution >= 0.6 is 0 Å². The van der Waals surface area contributed by atoms with Crippen molar-refractivity contribution in [2.45, 2.75) is 31.3 Å². The number of anilines is 1. The lowest BCUT2D eigenvalue weighted by molar-refractivity contribution is 0.631. The minimum absolute atomic E-state index is 0.199. The first-order chi connectivity index (χ1) is 8.33. The number of benzene rings is 1. The maximum absolute atomic E-state index is 6.00. The summed E-state index contributed by atoms with van der Waals surface area (Å²) in [6.45, 7) is 0. The molecule has 3 N–H and O–H groups in total. The molecule has 17 heavy (non-hydrogen) atoms. The van der Waals surface area contributed by atoms with Crippen molar-refractivity contribution in [3.05, 3.63) is 24.3 Å². The van der Waals surface area contributed by atoms with E-state index in [0.29, 0.717) is 5.95 Å². The van der Waals surface area contributed by atoms with Gasteiger partial charge in [0, 0.05) is 12.1 Å². The molecule has 0 radical (unpaired) electrons. The average Bonchev–Trinajstić information content (AvgIpc) is 2.75. The summed E-state index contributed by atoms with van der Waals surface area (Å²) < 4.78 is 0. The molecule has 0 aliphatic heterocycles. The Morgan fingerprint density at radius 2 is 1.94 bits per heavy atom. The minimum atomic E-state index is 0.199. The molecule has 1 saturated carbocycles. The zero-order valence-corrected chi connectivity index (χ0v) is 9.50. The van der Waals surface area contributed by atoms with Gasteiger partial charge in [-0.1, -0.05) is 12.1 Å². The summed E-state index contributed by atoms with van der Waals surface area (Å²) >= 11 is 0. The minimum Gasteiger partial charge on any atom is -0.349 e. The van der Waals surface area contributed by atoms with E-state index < -0.39 is 0 Å². The monoisotopic (exact) mass is 229 g/mol. The lowest BCUT2D eigenvalue weighted by Gasteiger charge is -2.16. The van der Waals surface area contributed by atoms with Gasteiger partial charge < -0.3 is 11.1 Å². The highest BCUT2D eigenvalue weighted by molar-refractivity contribution is 5.74. The van der Waals surface area contributed by atoms with Crippen molar-refractivity contribution in [2.24, 2.45) is 5.73 Å². The fourth-order valence-corrected chi connectivity index (χ4v) is 2.28. The fraction of sp³-hybridized carbons (Fsp3) is 0.417. The predicted octanol–water partition coefficient (Wildman–Crippen LogP) is 1.32. The standard InChI is InChI=1S/C12H15N5/c13-8-4-3-7-9(8)14-12-15-10-5-1-2-6-11(10)16-17-12/h1-2,5-6,8-9H,3-4,7,13H2,(H,14,15,17). The Morgan fingerprint density at radius 3 is 2.71 bits per heavy atom. The summed E-state index contributed by atoms with van der Waals surface area (Å²) in [5.41, 5.74) is 7.67. The third kappa shape index (κ3) is 2.06. The van der Waals surface area contributed by atoms with Gasteiger partial charge in [-0.3, -0.25) is 0 Å². The van der Waals surface area contributed by atoms with Crippen LogP contribution in [-0.4, -0.2) is 27.3 Å². The summed E-state index contributed by atoms with van der Waals surface area (Å²) in [5, 5.41) is 11.5. The van der Waals surface area contributed by atoms with Crippen molar-refractivity contribution in [3.63, 3.8) is 0 Å². The smallest absolute Gasteiger partial charge is 0.243 e. The first-order valence-electron chi connectivity index (χ1n) is 5.94. The number of nitrogens with zero attached hydrogens (tertiary/aromatic N) is 3. The number of aromatic nitrogens is 3. The van der Waals surface area contributed by atoms with Crippen LogP contribution in [0.4, 0.5) is 5.95 Å². The number of nitrogens with one attached hydrogen (secondary N) is 1. The zero-order chi connectivity index (χ0) is 11.7. The average molecular weight is 229 g/mol. The summed E-state index contributed by atoms with van der Waals surface area (Å²) in [7, 11) is 0. The highest BCUT2D eigenvalue weighted by Crippen LogP contribution is 2.20. The molecule has 3 rings (SSSR count). The predicted molar refractivity (Wildman–Crippen MR) is 66.6 cm³/mol. The lowest BCUT2D eigenvalue weighted by atomic mass is 10.2. The van der Waals surface area contributed by atoms with Gasteiger partial charge >= 0.3 is 0 Å². The van der Waals surface area contributed by atoms with Crippen LogP contribution < -0.4 is 11.1 Å². The van der Waals surface area contributed by atoms with Gasteiger partial charge in [-0.15, -0.1) is 10.2 Å². The summed E-state index contributed by atoms with van der Waals surface area (Å²) in [6, 6.07) is 8.19. The Hall–Kier alpha value is -1.75. The second-order valence-electron chi connectivity index (χ2n) is 4.47. The molecule has 5 nitrogen and oxygen atoms in total. The van der Waals surface area contributed by atoms with Crippen molar-refractivity contribution >= 4 is 17.0 Å². The normalized spacial score (nSPS) is 24.1. The van der Waals surface area contributed by atoms with Crippen LogP contribution in [0, 0.1) is 0 Å². The molecule has 2 unspecified atom stereocenters. The Bertz CT molecular complexity index is 527. The van der Waals surface area contributed by atoms with E-state index in [9.17, 15) is 0 Å². The quantitative estimate of drug-likeness (QED) is 0.812. The highest BCUT2D eigenvalue weighted by Gasteiger charge is 2.24. The summed E-state index contributed by atoms with van der Waals surface area (Å²) in [4.78, 5) is 4.43. The third-order valence-electron chi connectivity index (χ3n) is 3.24. The molecule has 2 aromatic rings. The molecule has 1 aromatic heterocycles. The second kappa shape index (κ2) is 4.25. The van der Waals surface area contributed by atoms with Gasteiger partial charge in [0.1, 0.15) is 5.52 Å². The van der Waals surface area contributed by atoms with Crippen LogP contribution in [0.15, 0.2) is 24.3 Å². The van der Waals surface area contributed by atoms with Crippen LogP contribution in [0.25, 0.3) is 11.0 Å². The molecule has 88 valence electrons. The van der Waals surface area contributed by atoms with Crippen LogP contribution in [0.2, 0.25) is 0 Å². The van der Waals surface area contributed by atoms with Gasteiger partial charge in [-0.25, -0.2) is 4.98 Å². The van der Waals surface area contributed by atoms with E-state index in [2.05, 4.69) is 20.5 Å². The van der Waals surface area contributed by atoms with Crippen molar-refractivity contribution < 1.29 is 0 Å². The van der Waals surface area contributed by atoms with Gasteiger partial charge in [0.15, 0.2) is 0 Å². The molecular weight excluding hydrogens is 214 g/mol. The SMILES string of the molecule is NC1CCCC1Nc1nnc2ccccc2n1. The molecular formula is C12H15N5. The second-order valence-corrected chi connectivity index (χ2v) is 4.47. The zero-order valence-electron chi connectivity index (χ0n) is 9.50. The fourth-order valence-electron chi connectivity index (χ4n) is 2.28. The Balaban J connectivity index is 1.85. The first kappa shape index (κ1) is 10.4. The van der Waals surface area contributed by atoms with E-state index in [1.807, 2.05) is 24.3 Å². The number of para-hydroxylation sites is 1. The third-order valence-corrected chi connectivity index (χ3v) is 3.24. The topological polar surface area (TPSA) is 76.7 Å². The maximum atomic E-state index is 6.00. The Morgan fingerprint density at radius 1 is 1.12 bits per heavy atom. The van der Waals surface area contributed by atoms with E-state index >= 15 is 0 Å². The highest BCUT2D eigenvalue weighted by atomic mass is 15.2. The van der Waals surface area contributed by atoms with Crippen LogP contribution in [0.5, 0.6) is 0 Å². The largest absolute Gasteiger partial charge is 0.349 e. The van der Waals surface area contributed by atoms with Gasteiger partial charge in [0.05, 0.1) is 5.52 Å². The molecule has 1 aromatic carbocycles. The van der Waals surface area contributed by atoms with Crippen molar-refractivity contribution in [1.82, 2.24) is 15.2 Å². The molecule has 1 fully saturated rings. The van der Waals surface area contributed by atoms with Gasteiger partial charge in [0.25, 0.3) is 0 Å². The van der Waals surface area contributed by atoms with E-state index in [1.54, 1.807) is 0 Å². The van der Waals surface area contributed by atoms with Gasteiger partial charge in [-0.05, 0) is 31.4 Å². The number of hydrogen-bond donors (Lipinski definition) is 2. The number of fused-ring (bicyclic) bond motifs is 1. The lowest BCUT2D eigenvalue weighted by Crippen LogP contribution is -2.35. The first-order valence-corrected chi connectivity index (χ1v) is 5.94. The van der Waals surface area contributed by atoms with Crippen LogP contribution in [0.1, 0.15) is 19.3 Å². The number of hydrogen-bond acceptors (Lipinski definition) is 5. The van der Waals surface area contributed by atoms with E-state index in [4.69, 9.17) is 5.73 Å². The molecule has 1 aliphatic rings. The van der Waals surface area contributed by atoms with Gasteiger partial charge in [-0.2, -0.15) is 0 Å². The Kier molecular flexibility index (Phi) is 2.60. The molecule has 0 spiro atoms. The molecule has 5 heteroatoms. The number of rotatable bonds is 2. The van der Waals surface area contributed by atoms with Crippen molar-refractivity contribution in [3.8, 4) is 0 Å². The van der Waals surface area contributed by atoms with E-state index in [0.717, 1.165) is 23.9 Å². The molecule has 0 amide bonds. The molecule has 0 bridgehead atoms. The number of nitrogens with two attached hydrogens (primary N) is 1. The Labute approximate surface area is 99.4 Å².